The van der Waals surface area contributed by atoms with Crippen molar-refractivity contribution in [3.63, 3.8) is 0 Å². The second-order valence-corrected chi connectivity index (χ2v) is 4.60. The molecule has 2 atom stereocenters. The maximum absolute atomic E-state index is 11.4. The molecular weight excluding hydrogens is 212 g/mol. The molecule has 0 unspecified atom stereocenters. The molecule has 0 heterocycles. The highest BCUT2D eigenvalue weighted by Gasteiger charge is 2.28. The number of aliphatic carboxylic acids is 1. The fraction of sp³-hybridized carbons (Fsp3) is 0.400. The average Bonchev–Trinajstić information content (AvgIpc) is 2.29. The summed E-state index contributed by atoms with van der Waals surface area (Å²) in [5, 5.41) is 9.36. The lowest BCUT2D eigenvalue weighted by molar-refractivity contribution is -0.142. The van der Waals surface area contributed by atoms with Crippen molar-refractivity contribution in [3.8, 4) is 0 Å². The zero-order chi connectivity index (χ0) is 12.1. The van der Waals surface area contributed by atoms with Crippen molar-refractivity contribution in [1.82, 2.24) is 0 Å². The van der Waals surface area contributed by atoms with Crippen LogP contribution >= 0.6 is 0 Å². The molecule has 0 bridgehead atoms. The molecule has 17 heavy (non-hydrogen) atoms. The fourth-order valence-corrected chi connectivity index (χ4v) is 2.55. The molecule has 0 saturated heterocycles. The Morgan fingerprint density at radius 1 is 1.18 bits per heavy atom. The molecule has 2 rings (SSSR count). The largest absolute Gasteiger partial charge is 0.481 e. The highest BCUT2D eigenvalue weighted by molar-refractivity contribution is 5.71. The van der Waals surface area contributed by atoms with Gasteiger partial charge in [-0.2, -0.15) is 0 Å². The summed E-state index contributed by atoms with van der Waals surface area (Å²) >= 11 is 0. The van der Waals surface area contributed by atoms with Crippen LogP contribution in [-0.4, -0.2) is 11.1 Å². The van der Waals surface area contributed by atoms with Crippen LogP contribution in [0.5, 0.6) is 0 Å². The van der Waals surface area contributed by atoms with Crippen LogP contribution in [0, 0.1) is 5.92 Å². The van der Waals surface area contributed by atoms with Crippen molar-refractivity contribution in [3.05, 3.63) is 48.0 Å². The molecule has 90 valence electrons. The van der Waals surface area contributed by atoms with Gasteiger partial charge in [-0.25, -0.2) is 0 Å². The lowest BCUT2D eigenvalue weighted by Gasteiger charge is -2.24. The van der Waals surface area contributed by atoms with E-state index in [0.29, 0.717) is 0 Å². The van der Waals surface area contributed by atoms with E-state index in [2.05, 4.69) is 12.2 Å². The molecule has 0 amide bonds. The molecule has 1 aromatic carbocycles. The monoisotopic (exact) mass is 230 g/mol. The number of hydrogen-bond acceptors (Lipinski definition) is 1. The second-order valence-electron chi connectivity index (χ2n) is 4.60. The smallest absolute Gasteiger partial charge is 0.307 e. The summed E-state index contributed by atoms with van der Waals surface area (Å²) in [6.45, 7) is 0. The number of allylic oxidation sites excluding steroid dienone is 2. The Bertz CT molecular complexity index is 395. The van der Waals surface area contributed by atoms with E-state index in [1.807, 2.05) is 30.3 Å². The van der Waals surface area contributed by atoms with Crippen molar-refractivity contribution in [1.29, 1.82) is 0 Å². The van der Waals surface area contributed by atoms with Crippen molar-refractivity contribution in [2.24, 2.45) is 5.92 Å². The fourth-order valence-electron chi connectivity index (χ4n) is 2.55. The summed E-state index contributed by atoms with van der Waals surface area (Å²) in [4.78, 5) is 11.4. The van der Waals surface area contributed by atoms with Gasteiger partial charge < -0.3 is 5.11 Å². The van der Waals surface area contributed by atoms with Crippen LogP contribution in [0.1, 0.15) is 37.2 Å². The molecule has 1 aliphatic carbocycles. The summed E-state index contributed by atoms with van der Waals surface area (Å²) in [6, 6.07) is 10.0. The average molecular weight is 230 g/mol. The van der Waals surface area contributed by atoms with Crippen molar-refractivity contribution >= 4 is 5.97 Å². The maximum Gasteiger partial charge on any atom is 0.307 e. The van der Waals surface area contributed by atoms with Crippen LogP contribution in [0.15, 0.2) is 42.5 Å². The molecule has 1 aromatic rings. The number of hydrogen-bond donors (Lipinski definition) is 1. The van der Waals surface area contributed by atoms with Gasteiger partial charge in [-0.15, -0.1) is 0 Å². The zero-order valence-corrected chi connectivity index (χ0v) is 9.88. The number of rotatable bonds is 2. The van der Waals surface area contributed by atoms with Crippen LogP contribution in [0.4, 0.5) is 0 Å². The summed E-state index contributed by atoms with van der Waals surface area (Å²) in [5.74, 6) is -0.790. The molecule has 1 aliphatic rings. The van der Waals surface area contributed by atoms with E-state index in [-0.39, 0.29) is 11.8 Å². The Balaban J connectivity index is 2.27. The van der Waals surface area contributed by atoms with Crippen LogP contribution in [0.2, 0.25) is 0 Å². The number of carboxylic acid groups (broad SMARTS) is 1. The summed E-state index contributed by atoms with van der Waals surface area (Å²) in [5.41, 5.74) is 1.14. The normalized spacial score (nSPS) is 26.8. The number of benzene rings is 1. The third-order valence-corrected chi connectivity index (χ3v) is 3.47. The first-order chi connectivity index (χ1) is 8.29. The van der Waals surface area contributed by atoms with Crippen LogP contribution in [0.3, 0.4) is 0 Å². The van der Waals surface area contributed by atoms with Gasteiger partial charge in [-0.05, 0) is 31.2 Å². The van der Waals surface area contributed by atoms with E-state index >= 15 is 0 Å². The van der Waals surface area contributed by atoms with Crippen LogP contribution in [0.25, 0.3) is 0 Å². The van der Waals surface area contributed by atoms with Crippen LogP contribution in [-0.2, 0) is 4.79 Å². The quantitative estimate of drug-likeness (QED) is 0.788. The number of carboxylic acids is 1. The SMILES string of the molecule is O=C(O)[C@@H]1CCC/C=C\C[C@@H]1c1ccccc1. The van der Waals surface area contributed by atoms with Gasteiger partial charge >= 0.3 is 5.97 Å². The molecule has 2 nitrogen and oxygen atoms in total. The Kier molecular flexibility index (Phi) is 3.97. The van der Waals surface area contributed by atoms with Gasteiger partial charge in [0.1, 0.15) is 0 Å². The minimum Gasteiger partial charge on any atom is -0.481 e. The predicted octanol–water partition coefficient (Wildman–Crippen LogP) is 3.60. The summed E-state index contributed by atoms with van der Waals surface area (Å²) in [6.07, 6.45) is 7.89. The zero-order valence-electron chi connectivity index (χ0n) is 9.88. The van der Waals surface area contributed by atoms with Gasteiger partial charge in [-0.1, -0.05) is 42.5 Å². The first-order valence-electron chi connectivity index (χ1n) is 6.22. The van der Waals surface area contributed by atoms with E-state index in [9.17, 15) is 9.90 Å². The van der Waals surface area contributed by atoms with Gasteiger partial charge in [-0.3, -0.25) is 4.79 Å². The van der Waals surface area contributed by atoms with Gasteiger partial charge in [0.25, 0.3) is 0 Å². The Morgan fingerprint density at radius 3 is 2.65 bits per heavy atom. The van der Waals surface area contributed by atoms with E-state index in [4.69, 9.17) is 0 Å². The molecule has 2 heteroatoms. The van der Waals surface area contributed by atoms with E-state index < -0.39 is 5.97 Å². The van der Waals surface area contributed by atoms with Crippen molar-refractivity contribution < 1.29 is 9.90 Å². The third-order valence-electron chi connectivity index (χ3n) is 3.47. The van der Waals surface area contributed by atoms with Gasteiger partial charge in [0.15, 0.2) is 0 Å². The van der Waals surface area contributed by atoms with Crippen molar-refractivity contribution in [2.75, 3.05) is 0 Å². The Labute approximate surface area is 102 Å². The minimum atomic E-state index is -0.658. The lowest BCUT2D eigenvalue weighted by atomic mass is 9.79. The van der Waals surface area contributed by atoms with E-state index in [0.717, 1.165) is 31.2 Å². The standard InChI is InChI=1S/C15H18O2/c16-15(17)14-11-7-2-1-6-10-13(14)12-8-4-3-5-9-12/h1,3-6,8-9,13-14H,2,7,10-11H2,(H,16,17)/b6-1-/t13-,14-/m1/s1. The molecule has 1 N–H and O–H groups in total. The molecule has 0 fully saturated rings. The first-order valence-corrected chi connectivity index (χ1v) is 6.22. The molecule has 0 aliphatic heterocycles. The Hall–Kier alpha value is -1.57. The third kappa shape index (κ3) is 2.96. The summed E-state index contributed by atoms with van der Waals surface area (Å²) < 4.78 is 0. The molecule has 0 saturated carbocycles. The highest BCUT2D eigenvalue weighted by Crippen LogP contribution is 2.33. The highest BCUT2D eigenvalue weighted by atomic mass is 16.4. The first kappa shape index (κ1) is 11.9. The molecule has 0 spiro atoms. The Morgan fingerprint density at radius 2 is 1.94 bits per heavy atom. The van der Waals surface area contributed by atoms with Gasteiger partial charge in [0, 0.05) is 5.92 Å². The maximum atomic E-state index is 11.4. The van der Waals surface area contributed by atoms with Gasteiger partial charge in [0.2, 0.25) is 0 Å². The molecular formula is C15H18O2. The summed E-state index contributed by atoms with van der Waals surface area (Å²) in [7, 11) is 0. The van der Waals surface area contributed by atoms with Crippen LogP contribution < -0.4 is 0 Å². The molecule has 0 radical (unpaired) electrons. The van der Waals surface area contributed by atoms with E-state index in [1.54, 1.807) is 0 Å². The topological polar surface area (TPSA) is 37.3 Å². The van der Waals surface area contributed by atoms with E-state index in [1.165, 1.54) is 0 Å². The molecule has 0 aromatic heterocycles. The van der Waals surface area contributed by atoms with Gasteiger partial charge in [0.05, 0.1) is 5.92 Å². The minimum absolute atomic E-state index is 0.116. The lowest BCUT2D eigenvalue weighted by Crippen LogP contribution is -2.22. The second kappa shape index (κ2) is 5.67. The predicted molar refractivity (Wildman–Crippen MR) is 67.9 cm³/mol. The van der Waals surface area contributed by atoms with Crippen molar-refractivity contribution in [2.45, 2.75) is 31.6 Å². The number of carbonyl (C=O) groups is 1.